The summed E-state index contributed by atoms with van der Waals surface area (Å²) in [5.74, 6) is 6.15. The van der Waals surface area contributed by atoms with E-state index in [-0.39, 0.29) is 23.3 Å². The fourth-order valence-electron chi connectivity index (χ4n) is 2.45. The average molecular weight is 389 g/mol. The monoisotopic (exact) mass is 389 g/mol. The van der Waals surface area contributed by atoms with E-state index in [4.69, 9.17) is 5.84 Å². The molecule has 1 unspecified atom stereocenters. The number of aromatic nitrogens is 5. The lowest BCUT2D eigenvalue weighted by Crippen LogP contribution is -2.25. The third-order valence-electron chi connectivity index (χ3n) is 3.84. The first-order chi connectivity index (χ1) is 12.9. The lowest BCUT2D eigenvalue weighted by molar-refractivity contribution is -0.115. The standard InChI is InChI=1S/C17H20FN7OS/c1-10(2)25-14(8-9-20-25)21-16(26)11(3)27-17-23-22-15(24(17)19)12-6-4-5-7-13(12)18/h4-11H,19H2,1-3H3,(H,21,26). The molecular formula is C17H20FN7OS. The second-order valence-corrected chi connectivity index (χ2v) is 7.47. The molecule has 27 heavy (non-hydrogen) atoms. The van der Waals surface area contributed by atoms with Gasteiger partial charge in [0.25, 0.3) is 0 Å². The number of nitrogens with one attached hydrogen (secondary N) is 1. The second kappa shape index (κ2) is 7.78. The molecule has 0 fully saturated rings. The highest BCUT2D eigenvalue weighted by Gasteiger charge is 2.22. The minimum atomic E-state index is -0.500. The molecule has 8 nitrogen and oxygen atoms in total. The Hall–Kier alpha value is -2.88. The van der Waals surface area contributed by atoms with Crippen molar-refractivity contribution in [1.82, 2.24) is 24.7 Å². The predicted octanol–water partition coefficient (Wildman–Crippen LogP) is 2.69. The summed E-state index contributed by atoms with van der Waals surface area (Å²) in [6, 6.07) is 8.02. The zero-order valence-electron chi connectivity index (χ0n) is 15.1. The van der Waals surface area contributed by atoms with Crippen LogP contribution in [0.3, 0.4) is 0 Å². The van der Waals surface area contributed by atoms with Crippen molar-refractivity contribution in [3.8, 4) is 11.4 Å². The van der Waals surface area contributed by atoms with Crippen molar-refractivity contribution < 1.29 is 9.18 Å². The van der Waals surface area contributed by atoms with E-state index in [0.29, 0.717) is 11.0 Å². The van der Waals surface area contributed by atoms with Gasteiger partial charge < -0.3 is 11.2 Å². The van der Waals surface area contributed by atoms with Crippen molar-refractivity contribution in [2.75, 3.05) is 11.2 Å². The minimum Gasteiger partial charge on any atom is -0.335 e. The molecule has 3 aromatic rings. The maximum atomic E-state index is 14.0. The van der Waals surface area contributed by atoms with Crippen LogP contribution in [0, 0.1) is 5.82 Å². The topological polar surface area (TPSA) is 104 Å². The second-order valence-electron chi connectivity index (χ2n) is 6.16. The van der Waals surface area contributed by atoms with Crippen molar-refractivity contribution in [2.45, 2.75) is 37.2 Å². The molecule has 0 radical (unpaired) electrons. The summed E-state index contributed by atoms with van der Waals surface area (Å²) in [6.07, 6.45) is 1.63. The third kappa shape index (κ3) is 3.95. The molecule has 0 spiro atoms. The van der Waals surface area contributed by atoms with Crippen LogP contribution in [0.25, 0.3) is 11.4 Å². The number of hydrogen-bond donors (Lipinski definition) is 2. The first-order valence-corrected chi connectivity index (χ1v) is 9.23. The smallest absolute Gasteiger partial charge is 0.238 e. The SMILES string of the molecule is CC(Sc1nnc(-c2ccccc2F)n1N)C(=O)Nc1ccnn1C(C)C. The van der Waals surface area contributed by atoms with Gasteiger partial charge in [0.15, 0.2) is 5.82 Å². The molecule has 2 aromatic heterocycles. The Balaban J connectivity index is 1.73. The summed E-state index contributed by atoms with van der Waals surface area (Å²) >= 11 is 1.14. The van der Waals surface area contributed by atoms with Crippen LogP contribution in [0.1, 0.15) is 26.8 Å². The molecule has 0 saturated carbocycles. The maximum absolute atomic E-state index is 14.0. The normalized spacial score (nSPS) is 12.3. The fourth-order valence-corrected chi connectivity index (χ4v) is 3.22. The number of rotatable bonds is 6. The molecule has 0 saturated heterocycles. The third-order valence-corrected chi connectivity index (χ3v) is 4.90. The zero-order chi connectivity index (χ0) is 19.6. The predicted molar refractivity (Wildman–Crippen MR) is 102 cm³/mol. The van der Waals surface area contributed by atoms with Crippen molar-refractivity contribution in [2.24, 2.45) is 0 Å². The molecule has 142 valence electrons. The van der Waals surface area contributed by atoms with Gasteiger partial charge in [0.05, 0.1) is 17.0 Å². The van der Waals surface area contributed by atoms with E-state index in [1.807, 2.05) is 13.8 Å². The Morgan fingerprint density at radius 1 is 1.22 bits per heavy atom. The Labute approximate surface area is 159 Å². The zero-order valence-corrected chi connectivity index (χ0v) is 15.9. The maximum Gasteiger partial charge on any atom is 0.238 e. The van der Waals surface area contributed by atoms with E-state index >= 15 is 0 Å². The van der Waals surface area contributed by atoms with E-state index in [9.17, 15) is 9.18 Å². The summed E-state index contributed by atoms with van der Waals surface area (Å²) in [5.41, 5.74) is 0.247. The number of nitrogen functional groups attached to an aromatic ring is 1. The Bertz CT molecular complexity index is 952. The van der Waals surface area contributed by atoms with Crippen LogP contribution in [0.5, 0.6) is 0 Å². The van der Waals surface area contributed by atoms with Gasteiger partial charge in [-0.05, 0) is 32.9 Å². The van der Waals surface area contributed by atoms with E-state index in [1.165, 1.54) is 10.7 Å². The number of amides is 1. The summed E-state index contributed by atoms with van der Waals surface area (Å²) < 4.78 is 16.9. The van der Waals surface area contributed by atoms with E-state index < -0.39 is 11.1 Å². The number of nitrogens with zero attached hydrogens (tertiary/aromatic N) is 5. The highest BCUT2D eigenvalue weighted by atomic mass is 32.2. The number of nitrogens with two attached hydrogens (primary N) is 1. The number of carbonyl (C=O) groups excluding carboxylic acids is 1. The quantitative estimate of drug-likeness (QED) is 0.496. The molecule has 10 heteroatoms. The Morgan fingerprint density at radius 2 is 1.96 bits per heavy atom. The van der Waals surface area contributed by atoms with E-state index in [2.05, 4.69) is 20.6 Å². The molecule has 0 aliphatic rings. The Kier molecular flexibility index (Phi) is 5.45. The van der Waals surface area contributed by atoms with Crippen LogP contribution in [-0.2, 0) is 4.79 Å². The molecular weight excluding hydrogens is 369 g/mol. The fraction of sp³-hybridized carbons (Fsp3) is 0.294. The van der Waals surface area contributed by atoms with Crippen LogP contribution in [0.4, 0.5) is 10.2 Å². The molecule has 0 bridgehead atoms. The van der Waals surface area contributed by atoms with Crippen LogP contribution in [0.15, 0.2) is 41.7 Å². The molecule has 0 aliphatic carbocycles. The van der Waals surface area contributed by atoms with Gasteiger partial charge in [-0.3, -0.25) is 4.79 Å². The molecule has 2 heterocycles. The van der Waals surface area contributed by atoms with Gasteiger partial charge in [-0.2, -0.15) is 5.10 Å². The van der Waals surface area contributed by atoms with Gasteiger partial charge >= 0.3 is 0 Å². The molecule has 1 aromatic carbocycles. The van der Waals surface area contributed by atoms with Gasteiger partial charge in [-0.15, -0.1) is 10.2 Å². The van der Waals surface area contributed by atoms with Crippen molar-refractivity contribution in [1.29, 1.82) is 0 Å². The van der Waals surface area contributed by atoms with Crippen LogP contribution >= 0.6 is 11.8 Å². The van der Waals surface area contributed by atoms with Crippen LogP contribution in [-0.4, -0.2) is 35.8 Å². The highest BCUT2D eigenvalue weighted by Crippen LogP contribution is 2.26. The summed E-state index contributed by atoms with van der Waals surface area (Å²) in [5, 5.41) is 14.8. The first-order valence-electron chi connectivity index (χ1n) is 8.35. The molecule has 1 amide bonds. The molecule has 1 atom stereocenters. The summed E-state index contributed by atoms with van der Waals surface area (Å²) in [4.78, 5) is 12.5. The van der Waals surface area contributed by atoms with Gasteiger partial charge in [-0.1, -0.05) is 23.9 Å². The molecule has 3 N–H and O–H groups in total. The number of halogens is 1. The molecule has 3 rings (SSSR count). The van der Waals surface area contributed by atoms with Crippen LogP contribution < -0.4 is 11.2 Å². The number of thioether (sulfide) groups is 1. The van der Waals surface area contributed by atoms with E-state index in [0.717, 1.165) is 11.8 Å². The minimum absolute atomic E-state index is 0.119. The van der Waals surface area contributed by atoms with E-state index in [1.54, 1.807) is 42.1 Å². The van der Waals surface area contributed by atoms with Gasteiger partial charge in [-0.25, -0.2) is 13.7 Å². The number of carbonyl (C=O) groups is 1. The highest BCUT2D eigenvalue weighted by molar-refractivity contribution is 8.00. The number of anilines is 1. The van der Waals surface area contributed by atoms with Crippen molar-refractivity contribution in [3.63, 3.8) is 0 Å². The average Bonchev–Trinajstić information content (AvgIpc) is 3.23. The van der Waals surface area contributed by atoms with Gasteiger partial charge in [0.2, 0.25) is 11.1 Å². The number of benzene rings is 1. The summed E-state index contributed by atoms with van der Waals surface area (Å²) in [6.45, 7) is 5.68. The van der Waals surface area contributed by atoms with Gasteiger partial charge in [0, 0.05) is 12.1 Å². The number of hydrogen-bond acceptors (Lipinski definition) is 6. The molecule has 0 aliphatic heterocycles. The van der Waals surface area contributed by atoms with Gasteiger partial charge in [0.1, 0.15) is 11.6 Å². The van der Waals surface area contributed by atoms with Crippen molar-refractivity contribution in [3.05, 3.63) is 42.3 Å². The lowest BCUT2D eigenvalue weighted by Gasteiger charge is -2.14. The van der Waals surface area contributed by atoms with Crippen LogP contribution in [0.2, 0.25) is 0 Å². The lowest BCUT2D eigenvalue weighted by atomic mass is 10.2. The first kappa shape index (κ1) is 18.9. The van der Waals surface area contributed by atoms with Crippen molar-refractivity contribution >= 4 is 23.5 Å². The Morgan fingerprint density at radius 3 is 2.67 bits per heavy atom. The largest absolute Gasteiger partial charge is 0.335 e. The summed E-state index contributed by atoms with van der Waals surface area (Å²) in [7, 11) is 0.